The Hall–Kier alpha value is -1.01. The second-order valence-corrected chi connectivity index (χ2v) is 9.33. The number of carbonyl (C=O) groups is 1. The number of ketones is 1. The third-order valence-electron chi connectivity index (χ3n) is 4.10. The Morgan fingerprint density at radius 3 is 2.59 bits per heavy atom. The first-order valence-corrected chi connectivity index (χ1v) is 9.48. The molecule has 1 aliphatic carbocycles. The van der Waals surface area contributed by atoms with Gasteiger partial charge in [-0.1, -0.05) is 35.8 Å². The van der Waals surface area contributed by atoms with Crippen LogP contribution in [0.5, 0.6) is 0 Å². The number of hydrogen-bond donors (Lipinski definition) is 0. The van der Waals surface area contributed by atoms with Crippen LogP contribution in [-0.2, 0) is 14.6 Å². The number of alkyl halides is 1. The highest BCUT2D eigenvalue weighted by Gasteiger charge is 2.39. The monoisotopic (exact) mass is 388 g/mol. The van der Waals surface area contributed by atoms with Gasteiger partial charge in [-0.15, -0.1) is 0 Å². The van der Waals surface area contributed by atoms with Crippen LogP contribution in [0.25, 0.3) is 0 Å². The number of benzene rings is 1. The van der Waals surface area contributed by atoms with Gasteiger partial charge < -0.3 is 0 Å². The Labute approximate surface area is 138 Å². The summed E-state index contributed by atoms with van der Waals surface area (Å²) in [5, 5.41) is 0. The number of Topliss-reactive ketones (excluding diaryl/α,β-unsaturated/α-hetero) is 1. The minimum Gasteiger partial charge on any atom is -0.293 e. The molecule has 0 spiro atoms. The summed E-state index contributed by atoms with van der Waals surface area (Å²) in [7, 11) is -3.69. The van der Waals surface area contributed by atoms with Crippen LogP contribution in [0.3, 0.4) is 0 Å². The largest absolute Gasteiger partial charge is 0.293 e. The van der Waals surface area contributed by atoms with E-state index in [0.29, 0.717) is 17.6 Å². The van der Waals surface area contributed by atoms with Gasteiger partial charge in [-0.05, 0) is 48.1 Å². The van der Waals surface area contributed by atoms with Crippen LogP contribution in [0.4, 0.5) is 4.39 Å². The van der Waals surface area contributed by atoms with Crippen molar-refractivity contribution >= 4 is 31.6 Å². The molecule has 0 aromatic heterocycles. The molecule has 120 valence electrons. The van der Waals surface area contributed by atoms with E-state index in [0.717, 1.165) is 6.07 Å². The van der Waals surface area contributed by atoms with Crippen molar-refractivity contribution in [2.45, 2.75) is 36.9 Å². The molecule has 0 N–H and O–H groups in total. The fourth-order valence-electron chi connectivity index (χ4n) is 2.79. The molecule has 0 bridgehead atoms. The molecule has 1 unspecified atom stereocenters. The van der Waals surface area contributed by atoms with Gasteiger partial charge in [-0.3, -0.25) is 4.79 Å². The summed E-state index contributed by atoms with van der Waals surface area (Å²) in [5.74, 6) is -0.934. The molecule has 6 heteroatoms. The first kappa shape index (κ1) is 17.3. The maximum absolute atomic E-state index is 13.3. The third kappa shape index (κ3) is 3.33. The van der Waals surface area contributed by atoms with Gasteiger partial charge in [0.05, 0.1) is 15.5 Å². The lowest BCUT2D eigenvalue weighted by molar-refractivity contribution is -0.116. The third-order valence-corrected chi connectivity index (χ3v) is 6.48. The summed E-state index contributed by atoms with van der Waals surface area (Å²) >= 11 is 3.35. The predicted molar refractivity (Wildman–Crippen MR) is 87.3 cm³/mol. The summed E-state index contributed by atoms with van der Waals surface area (Å²) in [4.78, 5) is 11.8. The van der Waals surface area contributed by atoms with Crippen LogP contribution in [0.2, 0.25) is 0 Å². The summed E-state index contributed by atoms with van der Waals surface area (Å²) in [6.07, 6.45) is 0.539. The number of halogens is 2. The molecule has 0 amide bonds. The second kappa shape index (κ2) is 5.89. The van der Waals surface area contributed by atoms with E-state index in [-0.39, 0.29) is 21.3 Å². The average Bonchev–Trinajstić information content (AvgIpc) is 2.41. The van der Waals surface area contributed by atoms with E-state index in [2.05, 4.69) is 15.9 Å². The molecule has 0 saturated carbocycles. The quantitative estimate of drug-likeness (QED) is 0.742. The number of allylic oxidation sites excluding steroid dienone is 1. The molecule has 1 aliphatic rings. The number of rotatable bonds is 3. The predicted octanol–water partition coefficient (Wildman–Crippen LogP) is 3.68. The lowest BCUT2D eigenvalue weighted by Gasteiger charge is -2.36. The second-order valence-electron chi connectivity index (χ2n) is 6.24. The Morgan fingerprint density at radius 1 is 1.36 bits per heavy atom. The Kier molecular flexibility index (Phi) is 4.64. The summed E-state index contributed by atoms with van der Waals surface area (Å²) in [5.41, 5.74) is 0.683. The van der Waals surface area contributed by atoms with Gasteiger partial charge in [0.2, 0.25) is 0 Å². The first-order chi connectivity index (χ1) is 10.0. The number of sulfone groups is 1. The Morgan fingerprint density at radius 2 is 2.00 bits per heavy atom. The van der Waals surface area contributed by atoms with E-state index in [1.165, 1.54) is 18.2 Å². The maximum atomic E-state index is 13.3. The molecule has 1 aromatic rings. The van der Waals surface area contributed by atoms with Gasteiger partial charge in [0, 0.05) is 0 Å². The van der Waals surface area contributed by atoms with Crippen LogP contribution in [0.1, 0.15) is 27.2 Å². The fraction of sp³-hybridized carbons (Fsp3) is 0.438. The van der Waals surface area contributed by atoms with E-state index in [1.807, 2.05) is 13.8 Å². The van der Waals surface area contributed by atoms with Crippen LogP contribution < -0.4 is 0 Å². The summed E-state index contributed by atoms with van der Waals surface area (Å²) in [6.45, 7) is 5.51. The van der Waals surface area contributed by atoms with Gasteiger partial charge >= 0.3 is 0 Å². The van der Waals surface area contributed by atoms with Crippen LogP contribution in [0, 0.1) is 11.2 Å². The van der Waals surface area contributed by atoms with Crippen LogP contribution in [-0.4, -0.2) is 24.8 Å². The van der Waals surface area contributed by atoms with Gasteiger partial charge in [0.15, 0.2) is 15.6 Å². The number of hydrogen-bond acceptors (Lipinski definition) is 3. The van der Waals surface area contributed by atoms with Crippen molar-refractivity contribution in [3.63, 3.8) is 0 Å². The van der Waals surface area contributed by atoms with E-state index in [1.54, 1.807) is 6.92 Å². The van der Waals surface area contributed by atoms with E-state index < -0.39 is 21.1 Å². The topological polar surface area (TPSA) is 51.2 Å². The fourth-order valence-corrected chi connectivity index (χ4v) is 5.68. The zero-order valence-electron chi connectivity index (χ0n) is 12.7. The highest BCUT2D eigenvalue weighted by molar-refractivity contribution is 9.10. The van der Waals surface area contributed by atoms with Crippen molar-refractivity contribution < 1.29 is 17.6 Å². The first-order valence-electron chi connectivity index (χ1n) is 6.91. The van der Waals surface area contributed by atoms with Gasteiger partial charge in [0.1, 0.15) is 5.82 Å². The molecule has 0 radical (unpaired) electrons. The highest BCUT2D eigenvalue weighted by Crippen LogP contribution is 2.42. The normalized spacial score (nSPS) is 22.0. The zero-order valence-corrected chi connectivity index (χ0v) is 15.1. The molecule has 2 rings (SSSR count). The summed E-state index contributed by atoms with van der Waals surface area (Å²) in [6, 6.07) is 4.96. The molecule has 0 fully saturated rings. The van der Waals surface area contributed by atoms with Crippen molar-refractivity contribution in [3.8, 4) is 0 Å². The lowest BCUT2D eigenvalue weighted by atomic mass is 9.73. The van der Waals surface area contributed by atoms with Crippen molar-refractivity contribution in [2.75, 3.05) is 5.75 Å². The van der Waals surface area contributed by atoms with Crippen molar-refractivity contribution in [1.82, 2.24) is 0 Å². The highest BCUT2D eigenvalue weighted by atomic mass is 79.9. The Bertz CT molecular complexity index is 750. The molecule has 1 atom stereocenters. The van der Waals surface area contributed by atoms with E-state index in [4.69, 9.17) is 0 Å². The zero-order chi connectivity index (χ0) is 16.7. The molecule has 0 heterocycles. The van der Waals surface area contributed by atoms with Crippen LogP contribution in [0.15, 0.2) is 40.3 Å². The van der Waals surface area contributed by atoms with Gasteiger partial charge in [-0.25, -0.2) is 12.8 Å². The van der Waals surface area contributed by atoms with Crippen molar-refractivity contribution in [2.24, 2.45) is 5.41 Å². The molecule has 22 heavy (non-hydrogen) atoms. The SMILES string of the molecule is CC1=C(CS(=O)(=O)c2cccc(F)c2)C(C)(C)CC(Br)C1=O. The number of carbonyl (C=O) groups excluding carboxylic acids is 1. The molecule has 0 aliphatic heterocycles. The minimum absolute atomic E-state index is 0.0583. The average molecular weight is 389 g/mol. The van der Waals surface area contributed by atoms with E-state index in [9.17, 15) is 17.6 Å². The smallest absolute Gasteiger partial charge is 0.182 e. The molecule has 0 saturated heterocycles. The lowest BCUT2D eigenvalue weighted by Crippen LogP contribution is -2.35. The van der Waals surface area contributed by atoms with Gasteiger partial charge in [0.25, 0.3) is 0 Å². The van der Waals surface area contributed by atoms with E-state index >= 15 is 0 Å². The maximum Gasteiger partial charge on any atom is 0.182 e. The molecular weight excluding hydrogens is 371 g/mol. The minimum atomic E-state index is -3.69. The van der Waals surface area contributed by atoms with Crippen molar-refractivity contribution in [3.05, 3.63) is 41.2 Å². The van der Waals surface area contributed by atoms with Crippen LogP contribution >= 0.6 is 15.9 Å². The van der Waals surface area contributed by atoms with Gasteiger partial charge in [-0.2, -0.15) is 0 Å². The molecule has 3 nitrogen and oxygen atoms in total. The molecule has 1 aromatic carbocycles. The Balaban J connectivity index is 2.46. The molecular formula is C16H18BrFO3S. The van der Waals surface area contributed by atoms with Crippen molar-refractivity contribution in [1.29, 1.82) is 0 Å². The standard InChI is InChI=1S/C16H18BrFO3S/c1-10-13(16(2,3)8-14(17)15(10)19)9-22(20,21)12-6-4-5-11(18)7-12/h4-7,14H,8-9H2,1-3H3. The summed E-state index contributed by atoms with van der Waals surface area (Å²) < 4.78 is 38.4.